The van der Waals surface area contributed by atoms with E-state index in [1.165, 1.54) is 43.2 Å². The average Bonchev–Trinajstić information content (AvgIpc) is 2.62. The van der Waals surface area contributed by atoms with E-state index in [1.807, 2.05) is 6.92 Å². The molecule has 0 heterocycles. The summed E-state index contributed by atoms with van der Waals surface area (Å²) in [6.07, 6.45) is 11.2. The van der Waals surface area contributed by atoms with Gasteiger partial charge in [-0.05, 0) is 80.9 Å². The van der Waals surface area contributed by atoms with Crippen molar-refractivity contribution < 1.29 is 14.3 Å². The number of benzene rings is 1. The lowest BCUT2D eigenvalue weighted by Crippen LogP contribution is -2.35. The van der Waals surface area contributed by atoms with Crippen LogP contribution in [0.5, 0.6) is 5.75 Å². The van der Waals surface area contributed by atoms with Gasteiger partial charge in [0.15, 0.2) is 0 Å². The van der Waals surface area contributed by atoms with Crippen molar-refractivity contribution in [1.29, 1.82) is 0 Å². The van der Waals surface area contributed by atoms with E-state index in [9.17, 15) is 4.79 Å². The number of unbranched alkanes of at least 4 members (excludes halogenated alkanes) is 1. The standard InChI is InChI=1S/C23H32O3/c1-3-5-14-26-21-8-6-19(7-9-21)20-10-12-23(13-11-20)16-18(17-23)15-22(24)25-4-2/h6-9,15,20H,3-5,10-14,16-17H2,1-2H3. The molecular weight excluding hydrogens is 324 g/mol. The second-order valence-electron chi connectivity index (χ2n) is 7.95. The summed E-state index contributed by atoms with van der Waals surface area (Å²) >= 11 is 0. The molecule has 3 rings (SSSR count). The lowest BCUT2D eigenvalue weighted by Gasteiger charge is -2.48. The Kier molecular flexibility index (Phi) is 6.39. The molecule has 2 fully saturated rings. The van der Waals surface area contributed by atoms with Crippen molar-refractivity contribution in [3.63, 3.8) is 0 Å². The summed E-state index contributed by atoms with van der Waals surface area (Å²) in [4.78, 5) is 11.6. The molecule has 0 aromatic heterocycles. The Balaban J connectivity index is 1.46. The molecule has 0 radical (unpaired) electrons. The maximum Gasteiger partial charge on any atom is 0.330 e. The minimum atomic E-state index is -0.174. The second kappa shape index (κ2) is 8.75. The zero-order valence-corrected chi connectivity index (χ0v) is 16.3. The third-order valence-corrected chi connectivity index (χ3v) is 5.98. The molecule has 26 heavy (non-hydrogen) atoms. The molecule has 3 heteroatoms. The van der Waals surface area contributed by atoms with Crippen LogP contribution in [0, 0.1) is 5.41 Å². The van der Waals surface area contributed by atoms with Crippen molar-refractivity contribution in [3.05, 3.63) is 41.5 Å². The van der Waals surface area contributed by atoms with Gasteiger partial charge < -0.3 is 9.47 Å². The molecule has 0 unspecified atom stereocenters. The molecule has 142 valence electrons. The molecule has 2 aliphatic rings. The molecule has 1 spiro atoms. The van der Waals surface area contributed by atoms with Gasteiger partial charge in [0.1, 0.15) is 5.75 Å². The Labute approximate surface area is 157 Å². The lowest BCUT2D eigenvalue weighted by atomic mass is 9.56. The highest BCUT2D eigenvalue weighted by Gasteiger charge is 2.43. The number of carbonyl (C=O) groups is 1. The van der Waals surface area contributed by atoms with E-state index in [0.29, 0.717) is 17.9 Å². The fourth-order valence-corrected chi connectivity index (χ4v) is 4.45. The summed E-state index contributed by atoms with van der Waals surface area (Å²) < 4.78 is 10.8. The molecule has 2 aliphatic carbocycles. The van der Waals surface area contributed by atoms with Crippen LogP contribution in [0.4, 0.5) is 0 Å². The fourth-order valence-electron chi connectivity index (χ4n) is 4.45. The zero-order chi connectivity index (χ0) is 18.4. The van der Waals surface area contributed by atoms with Gasteiger partial charge in [0.05, 0.1) is 13.2 Å². The van der Waals surface area contributed by atoms with Crippen LogP contribution >= 0.6 is 0 Å². The first-order valence-corrected chi connectivity index (χ1v) is 10.2. The summed E-state index contributed by atoms with van der Waals surface area (Å²) in [7, 11) is 0. The van der Waals surface area contributed by atoms with Gasteiger partial charge in [-0.25, -0.2) is 4.79 Å². The Morgan fingerprint density at radius 2 is 1.85 bits per heavy atom. The van der Waals surface area contributed by atoms with Crippen molar-refractivity contribution in [3.8, 4) is 5.75 Å². The number of allylic oxidation sites excluding steroid dienone is 1. The van der Waals surface area contributed by atoms with Gasteiger partial charge in [-0.2, -0.15) is 0 Å². The highest BCUT2D eigenvalue weighted by molar-refractivity contribution is 5.83. The maximum absolute atomic E-state index is 11.6. The molecule has 2 saturated carbocycles. The van der Waals surface area contributed by atoms with Crippen LogP contribution in [-0.4, -0.2) is 19.2 Å². The van der Waals surface area contributed by atoms with Gasteiger partial charge in [-0.1, -0.05) is 31.1 Å². The summed E-state index contributed by atoms with van der Waals surface area (Å²) in [5.41, 5.74) is 3.18. The Hall–Kier alpha value is -1.77. The minimum absolute atomic E-state index is 0.174. The number of hydrogen-bond acceptors (Lipinski definition) is 3. The van der Waals surface area contributed by atoms with Gasteiger partial charge in [-0.3, -0.25) is 0 Å². The van der Waals surface area contributed by atoms with Gasteiger partial charge in [-0.15, -0.1) is 0 Å². The number of rotatable bonds is 7. The predicted octanol–water partition coefficient (Wildman–Crippen LogP) is 5.79. The molecule has 0 atom stereocenters. The zero-order valence-electron chi connectivity index (χ0n) is 16.3. The van der Waals surface area contributed by atoms with E-state index < -0.39 is 0 Å². The van der Waals surface area contributed by atoms with Gasteiger partial charge in [0.25, 0.3) is 0 Å². The van der Waals surface area contributed by atoms with Crippen LogP contribution in [0.3, 0.4) is 0 Å². The number of hydrogen-bond donors (Lipinski definition) is 0. The highest BCUT2D eigenvalue weighted by Crippen LogP contribution is 2.56. The first-order valence-electron chi connectivity index (χ1n) is 10.2. The van der Waals surface area contributed by atoms with Crippen molar-refractivity contribution >= 4 is 5.97 Å². The smallest absolute Gasteiger partial charge is 0.330 e. The number of ether oxygens (including phenoxy) is 2. The van der Waals surface area contributed by atoms with Crippen LogP contribution in [0.1, 0.15) is 76.7 Å². The fraction of sp³-hybridized carbons (Fsp3) is 0.609. The van der Waals surface area contributed by atoms with Crippen molar-refractivity contribution in [2.75, 3.05) is 13.2 Å². The minimum Gasteiger partial charge on any atom is -0.494 e. The van der Waals surface area contributed by atoms with Crippen LogP contribution in [0.15, 0.2) is 35.9 Å². The molecule has 0 N–H and O–H groups in total. The summed E-state index contributed by atoms with van der Waals surface area (Å²) in [6.45, 7) is 5.30. The molecule has 0 saturated heterocycles. The van der Waals surface area contributed by atoms with Crippen molar-refractivity contribution in [2.24, 2.45) is 5.41 Å². The van der Waals surface area contributed by atoms with Crippen molar-refractivity contribution in [2.45, 2.75) is 71.1 Å². The van der Waals surface area contributed by atoms with E-state index in [-0.39, 0.29) is 5.97 Å². The van der Waals surface area contributed by atoms with Crippen molar-refractivity contribution in [1.82, 2.24) is 0 Å². The summed E-state index contributed by atoms with van der Waals surface area (Å²) in [6, 6.07) is 8.74. The third-order valence-electron chi connectivity index (χ3n) is 5.98. The molecule has 1 aromatic carbocycles. The van der Waals surface area contributed by atoms with Crippen LogP contribution in [0.2, 0.25) is 0 Å². The summed E-state index contributed by atoms with van der Waals surface area (Å²) in [5.74, 6) is 1.48. The number of carbonyl (C=O) groups excluding carboxylic acids is 1. The first-order chi connectivity index (χ1) is 12.6. The quantitative estimate of drug-likeness (QED) is 0.352. The Morgan fingerprint density at radius 1 is 1.15 bits per heavy atom. The molecule has 1 aromatic rings. The van der Waals surface area contributed by atoms with E-state index in [4.69, 9.17) is 9.47 Å². The van der Waals surface area contributed by atoms with Crippen LogP contribution < -0.4 is 4.74 Å². The highest BCUT2D eigenvalue weighted by atomic mass is 16.5. The van der Waals surface area contributed by atoms with Gasteiger partial charge >= 0.3 is 5.97 Å². The SMILES string of the molecule is CCCCOc1ccc(C2CCC3(CC2)CC(=CC(=O)OCC)C3)cc1. The normalized spacial score (nSPS) is 24.8. The molecular formula is C23H32O3. The molecule has 0 aliphatic heterocycles. The van der Waals surface area contributed by atoms with E-state index in [0.717, 1.165) is 31.6 Å². The Morgan fingerprint density at radius 3 is 2.46 bits per heavy atom. The maximum atomic E-state index is 11.6. The Bertz CT molecular complexity index is 611. The van der Waals surface area contributed by atoms with E-state index in [1.54, 1.807) is 6.08 Å². The first kappa shape index (κ1) is 19.0. The topological polar surface area (TPSA) is 35.5 Å². The van der Waals surface area contributed by atoms with Gasteiger partial charge in [0, 0.05) is 6.08 Å². The predicted molar refractivity (Wildman–Crippen MR) is 104 cm³/mol. The largest absolute Gasteiger partial charge is 0.494 e. The lowest BCUT2D eigenvalue weighted by molar-refractivity contribution is -0.137. The molecule has 3 nitrogen and oxygen atoms in total. The van der Waals surface area contributed by atoms with E-state index in [2.05, 4.69) is 31.2 Å². The van der Waals surface area contributed by atoms with E-state index >= 15 is 0 Å². The second-order valence-corrected chi connectivity index (χ2v) is 7.95. The van der Waals surface area contributed by atoms with Gasteiger partial charge in [0.2, 0.25) is 0 Å². The summed E-state index contributed by atoms with van der Waals surface area (Å²) in [5, 5.41) is 0. The monoisotopic (exact) mass is 356 g/mol. The van der Waals surface area contributed by atoms with Crippen LogP contribution in [-0.2, 0) is 9.53 Å². The number of esters is 1. The third kappa shape index (κ3) is 4.69. The molecule has 0 bridgehead atoms. The van der Waals surface area contributed by atoms with Crippen LogP contribution in [0.25, 0.3) is 0 Å². The molecule has 0 amide bonds. The average molecular weight is 357 g/mol.